The van der Waals surface area contributed by atoms with Gasteiger partial charge in [-0.3, -0.25) is 14.3 Å². The summed E-state index contributed by atoms with van der Waals surface area (Å²) in [4.78, 5) is 7.04. The van der Waals surface area contributed by atoms with Gasteiger partial charge in [0.25, 0.3) is 0 Å². The highest BCUT2D eigenvalue weighted by Crippen LogP contribution is 2.41. The number of piperidine rings is 1. The standard InChI is InChI=1S/C23H28ClN3O.H3NO2S/c1-3-27-14-6-7-17(16-27)23(12-5-4-8-22(23)28-2)26-20-11-13-25-21-15-18(24)9-10-19(20)21;1-4(2)3/h5,8-13,15,17H,3-4,6-7,14,16H2,1-2H3,(H,25,26);1H2,(H,2,3)/p-1. The van der Waals surface area contributed by atoms with Crippen LogP contribution in [-0.2, 0) is 16.0 Å². The lowest BCUT2D eigenvalue weighted by Crippen LogP contribution is -2.53. The zero-order valence-electron chi connectivity index (χ0n) is 18.4. The molecule has 2 heterocycles. The van der Waals surface area contributed by atoms with E-state index in [9.17, 15) is 0 Å². The third-order valence-corrected chi connectivity index (χ3v) is 6.33. The van der Waals surface area contributed by atoms with Crippen LogP contribution in [0.25, 0.3) is 10.9 Å². The minimum atomic E-state index is -2.36. The normalized spacial score (nSPS) is 24.3. The molecule has 0 radical (unpaired) electrons. The summed E-state index contributed by atoms with van der Waals surface area (Å²) in [5.74, 6) is 1.44. The Morgan fingerprint density at radius 2 is 2.22 bits per heavy atom. The molecule has 3 atom stereocenters. The summed E-state index contributed by atoms with van der Waals surface area (Å²) in [7, 11) is 1.78. The van der Waals surface area contributed by atoms with Crippen molar-refractivity contribution in [3.63, 3.8) is 0 Å². The lowest BCUT2D eigenvalue weighted by Gasteiger charge is -2.46. The molecule has 32 heavy (non-hydrogen) atoms. The van der Waals surface area contributed by atoms with E-state index in [2.05, 4.69) is 45.5 Å². The number of allylic oxidation sites excluding steroid dienone is 2. The highest BCUT2D eigenvalue weighted by Gasteiger charge is 2.44. The zero-order valence-corrected chi connectivity index (χ0v) is 20.0. The highest BCUT2D eigenvalue weighted by atomic mass is 35.5. The molecule has 0 saturated carbocycles. The van der Waals surface area contributed by atoms with Crippen molar-refractivity contribution in [3.8, 4) is 0 Å². The molecule has 1 aromatic heterocycles. The second-order valence-electron chi connectivity index (χ2n) is 7.92. The molecule has 3 unspecified atom stereocenters. The minimum Gasteiger partial charge on any atom is -0.760 e. The fourth-order valence-electron chi connectivity index (χ4n) is 4.64. The molecule has 1 aliphatic heterocycles. The molecule has 1 aliphatic carbocycles. The SMILES string of the molecule is CCN1CCCC(C2(Nc3ccnc4cc(Cl)ccc34)C=CCC=C2OC)C1.NS(=O)[O-]. The number of hydrogen-bond donors (Lipinski definition) is 2. The quantitative estimate of drug-likeness (QED) is 0.498. The average molecular weight is 478 g/mol. The number of fused-ring (bicyclic) bond motifs is 1. The first-order chi connectivity index (χ1) is 15.4. The summed E-state index contributed by atoms with van der Waals surface area (Å²) in [6, 6.07) is 7.93. The fraction of sp³-hybridized carbons (Fsp3) is 0.435. The molecule has 9 heteroatoms. The van der Waals surface area contributed by atoms with Gasteiger partial charge in [-0.15, -0.1) is 0 Å². The molecule has 1 fully saturated rings. The average Bonchev–Trinajstić information content (AvgIpc) is 2.79. The van der Waals surface area contributed by atoms with Crippen LogP contribution in [0.5, 0.6) is 0 Å². The van der Waals surface area contributed by atoms with Crippen LogP contribution in [0.15, 0.2) is 54.4 Å². The van der Waals surface area contributed by atoms with Gasteiger partial charge in [0.05, 0.1) is 12.6 Å². The maximum Gasteiger partial charge on any atom is 0.122 e. The first-order valence-corrected chi connectivity index (χ1v) is 12.2. The third-order valence-electron chi connectivity index (χ3n) is 6.09. The van der Waals surface area contributed by atoms with Gasteiger partial charge in [0.15, 0.2) is 0 Å². The molecule has 1 aromatic carbocycles. The molecular formula is C23H30ClN4O3S-. The van der Waals surface area contributed by atoms with Gasteiger partial charge in [0.2, 0.25) is 0 Å². The number of hydrogen-bond acceptors (Lipinski definition) is 6. The monoisotopic (exact) mass is 477 g/mol. The predicted octanol–water partition coefficient (Wildman–Crippen LogP) is 4.00. The Bertz CT molecular complexity index is 1010. The molecule has 7 nitrogen and oxygen atoms in total. The molecule has 3 N–H and O–H groups in total. The Morgan fingerprint density at radius 1 is 1.44 bits per heavy atom. The summed E-state index contributed by atoms with van der Waals surface area (Å²) in [5, 5.41) is 9.68. The number of nitrogens with two attached hydrogens (primary N) is 1. The Kier molecular flexibility index (Phi) is 8.67. The van der Waals surface area contributed by atoms with Crippen LogP contribution in [-0.4, -0.2) is 50.9 Å². The van der Waals surface area contributed by atoms with E-state index in [1.807, 2.05) is 30.5 Å². The number of benzene rings is 1. The number of pyridine rings is 1. The van der Waals surface area contributed by atoms with Crippen molar-refractivity contribution in [2.45, 2.75) is 31.7 Å². The van der Waals surface area contributed by atoms with Gasteiger partial charge in [-0.1, -0.05) is 30.7 Å². The van der Waals surface area contributed by atoms with Crippen molar-refractivity contribution in [2.24, 2.45) is 11.1 Å². The Labute approximate surface area is 197 Å². The fourth-order valence-corrected chi connectivity index (χ4v) is 4.81. The van der Waals surface area contributed by atoms with Crippen LogP contribution in [0.1, 0.15) is 26.2 Å². The van der Waals surface area contributed by atoms with E-state index in [-0.39, 0.29) is 5.54 Å². The van der Waals surface area contributed by atoms with Gasteiger partial charge in [0, 0.05) is 46.0 Å². The molecule has 0 bridgehead atoms. The maximum atomic E-state index is 8.78. The number of aromatic nitrogens is 1. The van der Waals surface area contributed by atoms with E-state index < -0.39 is 11.3 Å². The first-order valence-electron chi connectivity index (χ1n) is 10.7. The topological polar surface area (TPSA) is 104 Å². The first kappa shape index (κ1) is 24.7. The number of rotatable bonds is 5. The van der Waals surface area contributed by atoms with Crippen LogP contribution >= 0.6 is 11.6 Å². The summed E-state index contributed by atoms with van der Waals surface area (Å²) in [5.41, 5.74) is 1.60. The molecule has 0 spiro atoms. The van der Waals surface area contributed by atoms with Crippen molar-refractivity contribution in [2.75, 3.05) is 32.1 Å². The Hall–Kier alpha value is -1.97. The van der Waals surface area contributed by atoms with E-state index in [1.54, 1.807) is 7.11 Å². The number of halogens is 1. The Balaban J connectivity index is 0.000000668. The van der Waals surface area contributed by atoms with Crippen LogP contribution < -0.4 is 10.5 Å². The molecule has 0 amide bonds. The number of ether oxygens (including phenoxy) is 1. The largest absolute Gasteiger partial charge is 0.760 e. The number of nitrogens with zero attached hydrogens (tertiary/aromatic N) is 2. The smallest absolute Gasteiger partial charge is 0.122 e. The minimum absolute atomic E-state index is 0.352. The predicted molar refractivity (Wildman–Crippen MR) is 130 cm³/mol. The third kappa shape index (κ3) is 5.68. The molecule has 4 rings (SSSR count). The second-order valence-corrected chi connectivity index (χ2v) is 8.87. The van der Waals surface area contributed by atoms with Crippen molar-refractivity contribution >= 4 is 39.5 Å². The molecular weight excluding hydrogens is 448 g/mol. The van der Waals surface area contributed by atoms with Crippen LogP contribution in [0.2, 0.25) is 5.02 Å². The van der Waals surface area contributed by atoms with Crippen molar-refractivity contribution in [1.29, 1.82) is 0 Å². The maximum absolute atomic E-state index is 8.78. The van der Waals surface area contributed by atoms with Crippen molar-refractivity contribution in [1.82, 2.24) is 9.88 Å². The number of nitrogens with one attached hydrogen (secondary N) is 1. The highest BCUT2D eigenvalue weighted by molar-refractivity contribution is 7.76. The zero-order chi connectivity index (χ0) is 23.1. The summed E-state index contributed by atoms with van der Waals surface area (Å²) in [6.45, 7) is 5.56. The molecule has 2 aromatic rings. The summed E-state index contributed by atoms with van der Waals surface area (Å²) in [6.07, 6.45) is 11.9. The van der Waals surface area contributed by atoms with Gasteiger partial charge >= 0.3 is 0 Å². The molecule has 2 aliphatic rings. The van der Waals surface area contributed by atoms with Crippen LogP contribution in [0, 0.1) is 5.92 Å². The number of likely N-dealkylation sites (tertiary alicyclic amines) is 1. The summed E-state index contributed by atoms with van der Waals surface area (Å²) < 4.78 is 23.5. The van der Waals surface area contributed by atoms with E-state index >= 15 is 0 Å². The lowest BCUT2D eigenvalue weighted by atomic mass is 9.74. The second kappa shape index (κ2) is 11.2. The van der Waals surface area contributed by atoms with E-state index in [0.29, 0.717) is 10.9 Å². The molecule has 1 saturated heterocycles. The Morgan fingerprint density at radius 3 is 2.94 bits per heavy atom. The van der Waals surface area contributed by atoms with Gasteiger partial charge in [0.1, 0.15) is 11.3 Å². The number of methoxy groups -OCH3 is 1. The van der Waals surface area contributed by atoms with Gasteiger partial charge in [-0.2, -0.15) is 0 Å². The summed E-state index contributed by atoms with van der Waals surface area (Å²) >= 11 is 3.82. The van der Waals surface area contributed by atoms with Crippen molar-refractivity contribution < 1.29 is 13.5 Å². The molecule has 174 valence electrons. The van der Waals surface area contributed by atoms with E-state index in [1.165, 1.54) is 19.4 Å². The van der Waals surface area contributed by atoms with E-state index in [0.717, 1.165) is 41.9 Å². The van der Waals surface area contributed by atoms with Crippen LogP contribution in [0.4, 0.5) is 5.69 Å². The lowest BCUT2D eigenvalue weighted by molar-refractivity contribution is 0.128. The van der Waals surface area contributed by atoms with Crippen molar-refractivity contribution in [3.05, 3.63) is 59.5 Å². The van der Waals surface area contributed by atoms with Gasteiger partial charge < -0.3 is 19.5 Å². The van der Waals surface area contributed by atoms with Crippen LogP contribution in [0.3, 0.4) is 0 Å². The van der Waals surface area contributed by atoms with Gasteiger partial charge in [-0.25, -0.2) is 0 Å². The number of anilines is 1. The van der Waals surface area contributed by atoms with Gasteiger partial charge in [-0.05, 0) is 62.7 Å². The van der Waals surface area contributed by atoms with E-state index in [4.69, 9.17) is 25.1 Å².